The maximum absolute atomic E-state index is 12.4. The Balaban J connectivity index is 2.13. The monoisotopic (exact) mass is 247 g/mol. The second-order valence-corrected chi connectivity index (χ2v) is 5.22. The number of carbonyl (C=O) groups excluding carboxylic acids is 1. The molecule has 0 spiro atoms. The number of nitrogens with one attached hydrogen (secondary N) is 1. The number of rotatable bonds is 3. The molecule has 1 aromatic heterocycles. The van der Waals surface area contributed by atoms with Gasteiger partial charge in [0.05, 0.1) is 11.9 Å². The van der Waals surface area contributed by atoms with Crippen molar-refractivity contribution in [2.75, 3.05) is 11.1 Å². The SMILES string of the molecule is CCC1(C(=O)Nc2cc(C)c(N)cn2)CCCC1. The Bertz CT molecular complexity index is 450. The molecule has 2 rings (SSSR count). The number of carbonyl (C=O) groups is 1. The third-order valence-corrected chi connectivity index (χ3v) is 4.11. The first kappa shape index (κ1) is 12.9. The molecule has 1 aromatic rings. The number of anilines is 2. The van der Waals surface area contributed by atoms with Gasteiger partial charge in [0.15, 0.2) is 0 Å². The average Bonchev–Trinajstić information content (AvgIpc) is 2.84. The predicted octanol–water partition coefficient (Wildman–Crippen LogP) is 2.88. The number of hydrogen-bond donors (Lipinski definition) is 2. The molecule has 0 unspecified atom stereocenters. The molecule has 1 aliphatic carbocycles. The van der Waals surface area contributed by atoms with E-state index in [4.69, 9.17) is 5.73 Å². The third-order valence-electron chi connectivity index (χ3n) is 4.11. The van der Waals surface area contributed by atoms with Crippen molar-refractivity contribution in [3.05, 3.63) is 17.8 Å². The number of aromatic nitrogens is 1. The van der Waals surface area contributed by atoms with Crippen molar-refractivity contribution in [2.45, 2.75) is 46.0 Å². The molecule has 0 saturated heterocycles. The zero-order valence-electron chi connectivity index (χ0n) is 11.1. The molecule has 4 nitrogen and oxygen atoms in total. The second kappa shape index (κ2) is 4.96. The normalized spacial score (nSPS) is 17.7. The van der Waals surface area contributed by atoms with Crippen molar-refractivity contribution >= 4 is 17.4 Å². The number of nitrogen functional groups attached to an aromatic ring is 1. The van der Waals surface area contributed by atoms with Crippen molar-refractivity contribution in [3.63, 3.8) is 0 Å². The second-order valence-electron chi connectivity index (χ2n) is 5.22. The molecule has 0 atom stereocenters. The van der Waals surface area contributed by atoms with E-state index in [1.807, 2.05) is 13.0 Å². The van der Waals surface area contributed by atoms with E-state index in [1.54, 1.807) is 6.20 Å². The minimum absolute atomic E-state index is 0.110. The molecule has 0 aromatic carbocycles. The number of nitrogens with two attached hydrogens (primary N) is 1. The van der Waals surface area contributed by atoms with Crippen LogP contribution in [0.2, 0.25) is 0 Å². The molecule has 98 valence electrons. The highest BCUT2D eigenvalue weighted by Gasteiger charge is 2.39. The van der Waals surface area contributed by atoms with Crippen molar-refractivity contribution in [1.29, 1.82) is 0 Å². The summed E-state index contributed by atoms with van der Waals surface area (Å²) in [4.78, 5) is 16.5. The molecule has 4 heteroatoms. The van der Waals surface area contributed by atoms with Gasteiger partial charge in [0.25, 0.3) is 0 Å². The lowest BCUT2D eigenvalue weighted by atomic mass is 9.82. The van der Waals surface area contributed by atoms with Crippen LogP contribution >= 0.6 is 0 Å². The van der Waals surface area contributed by atoms with Gasteiger partial charge < -0.3 is 11.1 Å². The Morgan fingerprint density at radius 2 is 2.17 bits per heavy atom. The van der Waals surface area contributed by atoms with E-state index in [2.05, 4.69) is 17.2 Å². The van der Waals surface area contributed by atoms with Gasteiger partial charge in [-0.3, -0.25) is 4.79 Å². The molecule has 0 aliphatic heterocycles. The summed E-state index contributed by atoms with van der Waals surface area (Å²) >= 11 is 0. The summed E-state index contributed by atoms with van der Waals surface area (Å²) in [6.45, 7) is 4.00. The molecular weight excluding hydrogens is 226 g/mol. The number of pyridine rings is 1. The summed E-state index contributed by atoms with van der Waals surface area (Å²) in [6, 6.07) is 1.82. The van der Waals surface area contributed by atoms with Gasteiger partial charge in [-0.05, 0) is 37.8 Å². The molecule has 1 saturated carbocycles. The summed E-state index contributed by atoms with van der Waals surface area (Å²) < 4.78 is 0. The zero-order valence-corrected chi connectivity index (χ0v) is 11.1. The van der Waals surface area contributed by atoms with Crippen molar-refractivity contribution in [1.82, 2.24) is 4.98 Å². The molecule has 18 heavy (non-hydrogen) atoms. The number of hydrogen-bond acceptors (Lipinski definition) is 3. The molecule has 1 amide bonds. The standard InChI is InChI=1S/C14H21N3O/c1-3-14(6-4-5-7-14)13(18)17-12-8-10(2)11(15)9-16-12/h8-9H,3-7,15H2,1-2H3,(H,16,17,18). The van der Waals surface area contributed by atoms with Gasteiger partial charge in [-0.15, -0.1) is 0 Å². The van der Waals surface area contributed by atoms with E-state index in [0.717, 1.165) is 37.7 Å². The Hall–Kier alpha value is -1.58. The molecule has 1 heterocycles. The maximum atomic E-state index is 12.4. The van der Waals surface area contributed by atoms with Crippen LogP contribution in [0.15, 0.2) is 12.3 Å². The first-order chi connectivity index (χ1) is 8.57. The largest absolute Gasteiger partial charge is 0.397 e. The van der Waals surface area contributed by atoms with Crippen LogP contribution in [0.5, 0.6) is 0 Å². The lowest BCUT2D eigenvalue weighted by molar-refractivity contribution is -0.125. The smallest absolute Gasteiger partial charge is 0.231 e. The summed E-state index contributed by atoms with van der Waals surface area (Å²) in [5.41, 5.74) is 7.13. The zero-order chi connectivity index (χ0) is 13.2. The minimum atomic E-state index is -0.184. The molecule has 1 aliphatic rings. The Labute approximate surface area is 108 Å². The van der Waals surface area contributed by atoms with E-state index in [9.17, 15) is 4.79 Å². The summed E-state index contributed by atoms with van der Waals surface area (Å²) in [5, 5.41) is 2.94. The Morgan fingerprint density at radius 3 is 2.72 bits per heavy atom. The van der Waals surface area contributed by atoms with Crippen LogP contribution in [-0.2, 0) is 4.79 Å². The van der Waals surface area contributed by atoms with E-state index in [0.29, 0.717) is 11.5 Å². The number of aryl methyl sites for hydroxylation is 1. The third kappa shape index (κ3) is 2.33. The fraction of sp³-hybridized carbons (Fsp3) is 0.571. The predicted molar refractivity (Wildman–Crippen MR) is 73.2 cm³/mol. The molecule has 0 bridgehead atoms. The first-order valence-electron chi connectivity index (χ1n) is 6.61. The van der Waals surface area contributed by atoms with E-state index < -0.39 is 0 Å². The first-order valence-corrected chi connectivity index (χ1v) is 6.61. The van der Waals surface area contributed by atoms with Gasteiger partial charge in [-0.2, -0.15) is 0 Å². The summed E-state index contributed by atoms with van der Waals surface area (Å²) in [7, 11) is 0. The van der Waals surface area contributed by atoms with Crippen molar-refractivity contribution in [3.8, 4) is 0 Å². The highest BCUT2D eigenvalue weighted by atomic mass is 16.2. The lowest BCUT2D eigenvalue weighted by Gasteiger charge is -2.25. The Morgan fingerprint density at radius 1 is 1.50 bits per heavy atom. The number of amides is 1. The molecule has 0 radical (unpaired) electrons. The Kier molecular flexibility index (Phi) is 3.55. The van der Waals surface area contributed by atoms with Crippen molar-refractivity contribution in [2.24, 2.45) is 5.41 Å². The number of nitrogens with zero attached hydrogens (tertiary/aromatic N) is 1. The summed E-state index contributed by atoms with van der Waals surface area (Å²) in [5.74, 6) is 0.714. The van der Waals surface area contributed by atoms with Crippen LogP contribution in [-0.4, -0.2) is 10.9 Å². The van der Waals surface area contributed by atoms with Gasteiger partial charge in [0.1, 0.15) is 5.82 Å². The van der Waals surface area contributed by atoms with Gasteiger partial charge in [-0.25, -0.2) is 4.98 Å². The van der Waals surface area contributed by atoms with Crippen LogP contribution in [0, 0.1) is 12.3 Å². The van der Waals surface area contributed by atoms with Crippen molar-refractivity contribution < 1.29 is 4.79 Å². The fourth-order valence-electron chi connectivity index (χ4n) is 2.68. The van der Waals surface area contributed by atoms with Gasteiger partial charge >= 0.3 is 0 Å². The highest BCUT2D eigenvalue weighted by molar-refractivity contribution is 5.94. The van der Waals surface area contributed by atoms with Crippen LogP contribution in [0.1, 0.15) is 44.6 Å². The van der Waals surface area contributed by atoms with Crippen LogP contribution in [0.3, 0.4) is 0 Å². The minimum Gasteiger partial charge on any atom is -0.397 e. The van der Waals surface area contributed by atoms with Crippen LogP contribution in [0.25, 0.3) is 0 Å². The van der Waals surface area contributed by atoms with Gasteiger partial charge in [0.2, 0.25) is 5.91 Å². The molecule has 3 N–H and O–H groups in total. The molecule has 1 fully saturated rings. The van der Waals surface area contributed by atoms with Gasteiger partial charge in [0, 0.05) is 5.41 Å². The maximum Gasteiger partial charge on any atom is 0.231 e. The topological polar surface area (TPSA) is 68.0 Å². The molecular formula is C14H21N3O. The van der Waals surface area contributed by atoms with Crippen LogP contribution in [0.4, 0.5) is 11.5 Å². The van der Waals surface area contributed by atoms with Crippen LogP contribution < -0.4 is 11.1 Å². The quantitative estimate of drug-likeness (QED) is 0.863. The van der Waals surface area contributed by atoms with E-state index in [-0.39, 0.29) is 11.3 Å². The average molecular weight is 247 g/mol. The lowest BCUT2D eigenvalue weighted by Crippen LogP contribution is -2.33. The van der Waals surface area contributed by atoms with E-state index in [1.165, 1.54) is 0 Å². The highest BCUT2D eigenvalue weighted by Crippen LogP contribution is 2.41. The van der Waals surface area contributed by atoms with Gasteiger partial charge in [-0.1, -0.05) is 19.8 Å². The van der Waals surface area contributed by atoms with E-state index >= 15 is 0 Å². The summed E-state index contributed by atoms with van der Waals surface area (Å²) in [6.07, 6.45) is 6.77. The fourth-order valence-corrected chi connectivity index (χ4v) is 2.68.